The summed E-state index contributed by atoms with van der Waals surface area (Å²) in [6, 6.07) is 15.1. The fourth-order valence-corrected chi connectivity index (χ4v) is 3.21. The molecule has 6 nitrogen and oxygen atoms in total. The molecule has 1 aromatic heterocycles. The Kier molecular flexibility index (Phi) is 5.61. The quantitative estimate of drug-likeness (QED) is 0.536. The van der Waals surface area contributed by atoms with Gasteiger partial charge in [-0.3, -0.25) is 14.5 Å². The molecule has 7 heteroatoms. The van der Waals surface area contributed by atoms with Gasteiger partial charge in [-0.05, 0) is 44.0 Å². The van der Waals surface area contributed by atoms with Gasteiger partial charge in [-0.2, -0.15) is 0 Å². The average molecular weight is 408 g/mol. The van der Waals surface area contributed by atoms with Gasteiger partial charge in [0.25, 0.3) is 5.91 Å². The van der Waals surface area contributed by atoms with Crippen molar-refractivity contribution in [3.8, 4) is 11.5 Å². The topological polar surface area (TPSA) is 72.6 Å². The van der Waals surface area contributed by atoms with Gasteiger partial charge in [-0.15, -0.1) is 0 Å². The summed E-state index contributed by atoms with van der Waals surface area (Å²) < 4.78 is 25.4. The predicted octanol–water partition coefficient (Wildman–Crippen LogP) is 4.57. The maximum atomic E-state index is 14.5. The molecule has 0 radical (unpaired) electrons. The number of anilines is 1. The first-order chi connectivity index (χ1) is 14.6. The number of aromatic nitrogens is 1. The smallest absolute Gasteiger partial charge is 0.326 e. The fourth-order valence-electron chi connectivity index (χ4n) is 3.21. The van der Waals surface area contributed by atoms with E-state index in [1.165, 1.54) is 18.2 Å². The van der Waals surface area contributed by atoms with Gasteiger partial charge in [0.2, 0.25) is 5.89 Å². The second kappa shape index (κ2) is 8.49. The normalized spacial score (nSPS) is 13.1. The summed E-state index contributed by atoms with van der Waals surface area (Å²) in [5.41, 5.74) is 0.826. The molecule has 3 aromatic rings. The lowest BCUT2D eigenvalue weighted by atomic mass is 10.2. The van der Waals surface area contributed by atoms with E-state index in [0.29, 0.717) is 11.7 Å². The molecule has 0 bridgehead atoms. The van der Waals surface area contributed by atoms with Gasteiger partial charge < -0.3 is 9.15 Å². The molecule has 0 atom stereocenters. The Morgan fingerprint density at radius 2 is 1.83 bits per heavy atom. The molecule has 0 saturated heterocycles. The number of rotatable bonds is 7. The molecule has 1 saturated carbocycles. The minimum Gasteiger partial charge on any atom is -0.465 e. The third-order valence-corrected chi connectivity index (χ3v) is 4.81. The van der Waals surface area contributed by atoms with Crippen LogP contribution in [-0.2, 0) is 9.53 Å². The second-order valence-electron chi connectivity index (χ2n) is 7.02. The zero-order chi connectivity index (χ0) is 21.1. The van der Waals surface area contributed by atoms with Crippen molar-refractivity contribution >= 4 is 17.6 Å². The summed E-state index contributed by atoms with van der Waals surface area (Å²) in [6.45, 7) is 1.40. The van der Waals surface area contributed by atoms with Crippen LogP contribution in [0.2, 0.25) is 0 Å². The van der Waals surface area contributed by atoms with Gasteiger partial charge in [0.05, 0.1) is 12.3 Å². The molecular formula is C23H21FN2O4. The largest absolute Gasteiger partial charge is 0.465 e. The van der Waals surface area contributed by atoms with E-state index in [0.717, 1.165) is 23.3 Å². The predicted molar refractivity (Wildman–Crippen MR) is 109 cm³/mol. The van der Waals surface area contributed by atoms with E-state index in [4.69, 9.17) is 9.15 Å². The van der Waals surface area contributed by atoms with Crippen molar-refractivity contribution in [3.63, 3.8) is 0 Å². The summed E-state index contributed by atoms with van der Waals surface area (Å²) in [7, 11) is 0. The van der Waals surface area contributed by atoms with Crippen molar-refractivity contribution in [2.24, 2.45) is 0 Å². The Morgan fingerprint density at radius 1 is 1.13 bits per heavy atom. The third-order valence-electron chi connectivity index (χ3n) is 4.81. The van der Waals surface area contributed by atoms with Crippen LogP contribution in [0.15, 0.2) is 59.0 Å². The standard InChI is InChI=1S/C23H21FN2O4/c1-2-29-19(27)14-26(18-11-7-6-10-17(18)24)23(28)20-21(15-12-13-15)30-22(25-20)16-8-4-3-5-9-16/h3-11,15H,2,12-14H2,1H3. The highest BCUT2D eigenvalue weighted by molar-refractivity contribution is 6.08. The molecule has 1 amide bonds. The van der Waals surface area contributed by atoms with E-state index in [2.05, 4.69) is 4.98 Å². The first kappa shape index (κ1) is 19.8. The number of carbonyl (C=O) groups excluding carboxylic acids is 2. The summed E-state index contributed by atoms with van der Waals surface area (Å²) in [6.07, 6.45) is 1.78. The molecule has 30 heavy (non-hydrogen) atoms. The summed E-state index contributed by atoms with van der Waals surface area (Å²) in [5.74, 6) is -0.946. The van der Waals surface area contributed by atoms with E-state index in [-0.39, 0.29) is 23.9 Å². The van der Waals surface area contributed by atoms with E-state index in [9.17, 15) is 14.0 Å². The fraction of sp³-hybridized carbons (Fsp3) is 0.261. The first-order valence-corrected chi connectivity index (χ1v) is 9.86. The van der Waals surface area contributed by atoms with Crippen LogP contribution < -0.4 is 4.90 Å². The number of hydrogen-bond donors (Lipinski definition) is 0. The van der Waals surface area contributed by atoms with Crippen LogP contribution in [0.5, 0.6) is 0 Å². The first-order valence-electron chi connectivity index (χ1n) is 9.86. The molecule has 0 N–H and O–H groups in total. The molecular weight excluding hydrogens is 387 g/mol. The average Bonchev–Trinajstić information content (AvgIpc) is 3.51. The van der Waals surface area contributed by atoms with Crippen molar-refractivity contribution in [1.29, 1.82) is 0 Å². The van der Waals surface area contributed by atoms with Crippen molar-refractivity contribution in [3.05, 3.63) is 71.9 Å². The number of nitrogens with zero attached hydrogens (tertiary/aromatic N) is 2. The highest BCUT2D eigenvalue weighted by Gasteiger charge is 2.37. The van der Waals surface area contributed by atoms with E-state index in [1.54, 1.807) is 13.0 Å². The number of halogens is 1. The van der Waals surface area contributed by atoms with Crippen molar-refractivity contribution < 1.29 is 23.1 Å². The third kappa shape index (κ3) is 4.10. The van der Waals surface area contributed by atoms with E-state index >= 15 is 0 Å². The van der Waals surface area contributed by atoms with Gasteiger partial charge in [-0.25, -0.2) is 9.37 Å². The molecule has 0 spiro atoms. The number of hydrogen-bond acceptors (Lipinski definition) is 5. The Hall–Kier alpha value is -3.48. The van der Waals surface area contributed by atoms with Gasteiger partial charge >= 0.3 is 5.97 Å². The number of para-hydroxylation sites is 1. The SMILES string of the molecule is CCOC(=O)CN(C(=O)c1nc(-c2ccccc2)oc1C1CC1)c1ccccc1F. The Labute approximate surface area is 173 Å². The monoisotopic (exact) mass is 408 g/mol. The van der Waals surface area contributed by atoms with Crippen LogP contribution in [-0.4, -0.2) is 30.0 Å². The minimum absolute atomic E-state index is 0.0124. The number of carbonyl (C=O) groups is 2. The number of amides is 1. The zero-order valence-corrected chi connectivity index (χ0v) is 16.5. The molecule has 1 aliphatic rings. The number of oxazole rings is 1. The summed E-state index contributed by atoms with van der Waals surface area (Å²) in [5, 5.41) is 0. The zero-order valence-electron chi connectivity index (χ0n) is 16.5. The molecule has 1 aliphatic carbocycles. The van der Waals surface area contributed by atoms with E-state index < -0.39 is 24.2 Å². The van der Waals surface area contributed by atoms with Gasteiger partial charge in [-0.1, -0.05) is 30.3 Å². The molecule has 4 rings (SSSR count). The maximum absolute atomic E-state index is 14.5. The van der Waals surface area contributed by atoms with E-state index in [1.807, 2.05) is 30.3 Å². The van der Waals surface area contributed by atoms with Gasteiger partial charge in [0.1, 0.15) is 18.1 Å². The molecule has 1 heterocycles. The number of esters is 1. The minimum atomic E-state index is -0.631. The van der Waals surface area contributed by atoms with Crippen LogP contribution in [0.4, 0.5) is 10.1 Å². The molecule has 0 aliphatic heterocycles. The van der Waals surface area contributed by atoms with Crippen LogP contribution in [0, 0.1) is 5.82 Å². The number of benzene rings is 2. The Bertz CT molecular complexity index is 1060. The highest BCUT2D eigenvalue weighted by Crippen LogP contribution is 2.43. The van der Waals surface area contributed by atoms with Crippen LogP contribution >= 0.6 is 0 Å². The lowest BCUT2D eigenvalue weighted by molar-refractivity contribution is -0.141. The highest BCUT2D eigenvalue weighted by atomic mass is 19.1. The Morgan fingerprint density at radius 3 is 2.50 bits per heavy atom. The maximum Gasteiger partial charge on any atom is 0.326 e. The van der Waals surface area contributed by atoms with Crippen LogP contribution in [0.3, 0.4) is 0 Å². The molecule has 0 unspecified atom stereocenters. The lowest BCUT2D eigenvalue weighted by Gasteiger charge is -2.21. The Balaban J connectivity index is 1.75. The van der Waals surface area contributed by atoms with Crippen LogP contribution in [0.25, 0.3) is 11.5 Å². The molecule has 1 fully saturated rings. The van der Waals surface area contributed by atoms with Crippen molar-refractivity contribution in [2.75, 3.05) is 18.1 Å². The molecule has 154 valence electrons. The lowest BCUT2D eigenvalue weighted by Crippen LogP contribution is -2.37. The molecule has 2 aromatic carbocycles. The number of ether oxygens (including phenoxy) is 1. The van der Waals surface area contributed by atoms with Crippen LogP contribution in [0.1, 0.15) is 41.9 Å². The summed E-state index contributed by atoms with van der Waals surface area (Å²) >= 11 is 0. The van der Waals surface area contributed by atoms with Crippen molar-refractivity contribution in [2.45, 2.75) is 25.7 Å². The second-order valence-corrected chi connectivity index (χ2v) is 7.02. The summed E-state index contributed by atoms with van der Waals surface area (Å²) in [4.78, 5) is 31.1. The van der Waals surface area contributed by atoms with Crippen molar-refractivity contribution in [1.82, 2.24) is 4.98 Å². The van der Waals surface area contributed by atoms with Gasteiger partial charge in [0.15, 0.2) is 5.69 Å². The van der Waals surface area contributed by atoms with Gasteiger partial charge in [0, 0.05) is 11.5 Å².